The Morgan fingerprint density at radius 2 is 1.43 bits per heavy atom. The van der Waals surface area contributed by atoms with Gasteiger partial charge in [0.2, 0.25) is 0 Å². The lowest BCUT2D eigenvalue weighted by Crippen LogP contribution is -2.21. The van der Waals surface area contributed by atoms with E-state index in [9.17, 15) is 14.4 Å². The minimum Gasteiger partial charge on any atom is -0.497 e. The molecule has 0 aliphatic carbocycles. The van der Waals surface area contributed by atoms with Gasteiger partial charge in [0.1, 0.15) is 11.5 Å². The van der Waals surface area contributed by atoms with E-state index in [2.05, 4.69) is 5.32 Å². The zero-order chi connectivity index (χ0) is 21.9. The number of anilines is 1. The minimum atomic E-state index is -0.687. The van der Waals surface area contributed by atoms with Crippen molar-refractivity contribution in [3.63, 3.8) is 0 Å². The van der Waals surface area contributed by atoms with Crippen LogP contribution in [0.1, 0.15) is 40.5 Å². The number of nitrogens with one attached hydrogen (secondary N) is 1. The molecule has 8 nitrogen and oxygen atoms in total. The van der Waals surface area contributed by atoms with Crippen molar-refractivity contribution in [1.29, 1.82) is 0 Å². The zero-order valence-corrected chi connectivity index (χ0v) is 17.2. The molecule has 1 amide bonds. The van der Waals surface area contributed by atoms with Crippen molar-refractivity contribution >= 4 is 23.5 Å². The van der Waals surface area contributed by atoms with Crippen molar-refractivity contribution in [2.24, 2.45) is 0 Å². The fourth-order valence-corrected chi connectivity index (χ4v) is 2.42. The number of unbranched alkanes of at least 4 members (excludes halogenated alkanes) is 1. The summed E-state index contributed by atoms with van der Waals surface area (Å²) in [5, 5.41) is 2.59. The van der Waals surface area contributed by atoms with Crippen LogP contribution in [-0.4, -0.2) is 45.3 Å². The lowest BCUT2D eigenvalue weighted by Gasteiger charge is -2.09. The molecule has 0 fully saturated rings. The second-order valence-electron chi connectivity index (χ2n) is 6.29. The predicted octanol–water partition coefficient (Wildman–Crippen LogP) is 3.46. The Hall–Kier alpha value is -3.55. The van der Waals surface area contributed by atoms with Gasteiger partial charge in [-0.15, -0.1) is 0 Å². The van der Waals surface area contributed by atoms with Gasteiger partial charge in [-0.3, -0.25) is 4.79 Å². The lowest BCUT2D eigenvalue weighted by molar-refractivity contribution is -0.119. The van der Waals surface area contributed by atoms with Gasteiger partial charge in [-0.1, -0.05) is 13.3 Å². The van der Waals surface area contributed by atoms with E-state index < -0.39 is 24.5 Å². The van der Waals surface area contributed by atoms with Crippen LogP contribution in [-0.2, 0) is 14.3 Å². The summed E-state index contributed by atoms with van der Waals surface area (Å²) >= 11 is 0. The van der Waals surface area contributed by atoms with Crippen molar-refractivity contribution in [2.75, 3.05) is 32.8 Å². The van der Waals surface area contributed by atoms with Crippen LogP contribution in [0.3, 0.4) is 0 Å². The molecule has 0 aliphatic rings. The van der Waals surface area contributed by atoms with Crippen molar-refractivity contribution in [3.8, 4) is 11.5 Å². The second kappa shape index (κ2) is 11.5. The van der Waals surface area contributed by atoms with E-state index in [1.807, 2.05) is 6.92 Å². The number of ether oxygens (including phenoxy) is 4. The summed E-state index contributed by atoms with van der Waals surface area (Å²) in [5.41, 5.74) is 1.05. The Kier molecular flexibility index (Phi) is 8.68. The summed E-state index contributed by atoms with van der Waals surface area (Å²) in [6.45, 7) is 1.91. The van der Waals surface area contributed by atoms with E-state index in [-0.39, 0.29) is 5.56 Å². The molecule has 30 heavy (non-hydrogen) atoms. The highest BCUT2D eigenvalue weighted by molar-refractivity contribution is 5.96. The maximum Gasteiger partial charge on any atom is 0.338 e. The standard InChI is InChI=1S/C22H25NO7/c1-4-5-10-29-21(25)15-6-8-17(9-7-15)23-20(24)14-30-22(26)16-11-18(27-2)13-19(12-16)28-3/h6-9,11-13H,4-5,10,14H2,1-3H3,(H,23,24). The molecule has 2 rings (SSSR count). The van der Waals surface area contributed by atoms with Gasteiger partial charge in [-0.2, -0.15) is 0 Å². The molecule has 0 atom stereocenters. The van der Waals surface area contributed by atoms with Gasteiger partial charge in [0.15, 0.2) is 6.61 Å². The molecule has 2 aromatic carbocycles. The summed E-state index contributed by atoms with van der Waals surface area (Å²) in [4.78, 5) is 36.1. The number of methoxy groups -OCH3 is 2. The number of esters is 2. The van der Waals surface area contributed by atoms with Crippen molar-refractivity contribution in [2.45, 2.75) is 19.8 Å². The van der Waals surface area contributed by atoms with Crippen molar-refractivity contribution < 1.29 is 33.3 Å². The van der Waals surface area contributed by atoms with Crippen LogP contribution in [0.4, 0.5) is 5.69 Å². The fourth-order valence-electron chi connectivity index (χ4n) is 2.42. The van der Waals surface area contributed by atoms with E-state index in [4.69, 9.17) is 18.9 Å². The molecule has 2 aromatic rings. The normalized spacial score (nSPS) is 10.1. The zero-order valence-electron chi connectivity index (χ0n) is 17.2. The smallest absolute Gasteiger partial charge is 0.338 e. The van der Waals surface area contributed by atoms with E-state index in [1.165, 1.54) is 26.4 Å². The molecule has 0 unspecified atom stereocenters. The average molecular weight is 415 g/mol. The Morgan fingerprint density at radius 3 is 2.00 bits per heavy atom. The minimum absolute atomic E-state index is 0.199. The highest BCUT2D eigenvalue weighted by Gasteiger charge is 2.14. The van der Waals surface area contributed by atoms with Crippen LogP contribution in [0.5, 0.6) is 11.5 Å². The fraction of sp³-hybridized carbons (Fsp3) is 0.318. The number of hydrogen-bond acceptors (Lipinski definition) is 7. The quantitative estimate of drug-likeness (QED) is 0.468. The number of benzene rings is 2. The lowest BCUT2D eigenvalue weighted by atomic mass is 10.2. The monoisotopic (exact) mass is 415 g/mol. The van der Waals surface area contributed by atoms with Crippen LogP contribution in [0.25, 0.3) is 0 Å². The van der Waals surface area contributed by atoms with Crippen LogP contribution in [0.15, 0.2) is 42.5 Å². The summed E-state index contributed by atoms with van der Waals surface area (Å²) in [6.07, 6.45) is 1.75. The third-order valence-corrected chi connectivity index (χ3v) is 4.06. The molecule has 1 N–H and O–H groups in total. The third-order valence-electron chi connectivity index (χ3n) is 4.06. The maximum absolute atomic E-state index is 12.2. The molecule has 160 valence electrons. The van der Waals surface area contributed by atoms with Crippen LogP contribution < -0.4 is 14.8 Å². The van der Waals surface area contributed by atoms with Gasteiger partial charge in [0.25, 0.3) is 5.91 Å². The van der Waals surface area contributed by atoms with Gasteiger partial charge in [0.05, 0.1) is 32.0 Å². The van der Waals surface area contributed by atoms with Crippen molar-refractivity contribution in [3.05, 3.63) is 53.6 Å². The molecule has 0 heterocycles. The molecular weight excluding hydrogens is 390 g/mol. The Labute approximate surface area is 175 Å². The summed E-state index contributed by atoms with van der Waals surface area (Å²) in [7, 11) is 2.93. The van der Waals surface area contributed by atoms with E-state index in [0.29, 0.717) is 29.4 Å². The molecule has 0 bridgehead atoms. The molecule has 0 aromatic heterocycles. The number of carbonyl (C=O) groups excluding carboxylic acids is 3. The van der Waals surface area contributed by atoms with Crippen molar-refractivity contribution in [1.82, 2.24) is 0 Å². The first kappa shape index (κ1) is 22.7. The maximum atomic E-state index is 12.2. The topological polar surface area (TPSA) is 100 Å². The highest BCUT2D eigenvalue weighted by atomic mass is 16.5. The van der Waals surface area contributed by atoms with Gasteiger partial charge >= 0.3 is 11.9 Å². The number of amides is 1. The summed E-state index contributed by atoms with van der Waals surface area (Å²) < 4.78 is 20.4. The van der Waals surface area contributed by atoms with Gasteiger partial charge in [-0.05, 0) is 42.8 Å². The number of hydrogen-bond donors (Lipinski definition) is 1. The van der Waals surface area contributed by atoms with Gasteiger partial charge in [-0.25, -0.2) is 9.59 Å². The first-order valence-corrected chi connectivity index (χ1v) is 9.44. The molecule has 0 aliphatic heterocycles. The Balaban J connectivity index is 1.87. The SMILES string of the molecule is CCCCOC(=O)c1ccc(NC(=O)COC(=O)c2cc(OC)cc(OC)c2)cc1. The number of rotatable bonds is 10. The largest absolute Gasteiger partial charge is 0.497 e. The van der Waals surface area contributed by atoms with Crippen LogP contribution in [0, 0.1) is 0 Å². The molecular formula is C22H25NO7. The average Bonchev–Trinajstić information content (AvgIpc) is 2.77. The summed E-state index contributed by atoms with van der Waals surface area (Å²) in [6, 6.07) is 10.8. The molecule has 0 radical (unpaired) electrons. The van der Waals surface area contributed by atoms with Gasteiger partial charge in [0, 0.05) is 11.8 Å². The highest BCUT2D eigenvalue weighted by Crippen LogP contribution is 2.23. The first-order chi connectivity index (χ1) is 14.5. The van der Waals surface area contributed by atoms with E-state index in [0.717, 1.165) is 12.8 Å². The second-order valence-corrected chi connectivity index (χ2v) is 6.29. The predicted molar refractivity (Wildman–Crippen MR) is 110 cm³/mol. The third kappa shape index (κ3) is 6.80. The Bertz CT molecular complexity index is 855. The van der Waals surface area contributed by atoms with E-state index in [1.54, 1.807) is 30.3 Å². The molecule has 0 saturated heterocycles. The molecule has 0 spiro atoms. The van der Waals surface area contributed by atoms with E-state index >= 15 is 0 Å². The Morgan fingerprint density at radius 1 is 0.833 bits per heavy atom. The summed E-state index contributed by atoms with van der Waals surface area (Å²) in [5.74, 6) is -0.758. The first-order valence-electron chi connectivity index (χ1n) is 9.44. The van der Waals surface area contributed by atoms with Gasteiger partial charge < -0.3 is 24.3 Å². The number of carbonyl (C=O) groups is 3. The molecule has 8 heteroatoms. The molecule has 0 saturated carbocycles. The van der Waals surface area contributed by atoms with Crippen LogP contribution >= 0.6 is 0 Å². The van der Waals surface area contributed by atoms with Crippen LogP contribution in [0.2, 0.25) is 0 Å².